The normalized spacial score (nSPS) is 21.2. The molecule has 1 saturated heterocycles. The predicted molar refractivity (Wildman–Crippen MR) is 91.0 cm³/mol. The van der Waals surface area contributed by atoms with Crippen molar-refractivity contribution < 1.29 is 9.53 Å². The van der Waals surface area contributed by atoms with Crippen LogP contribution in [-0.2, 0) is 11.3 Å². The third-order valence-electron chi connectivity index (χ3n) is 4.41. The lowest BCUT2D eigenvalue weighted by Crippen LogP contribution is -2.45. The molecule has 2 heterocycles. The van der Waals surface area contributed by atoms with E-state index in [4.69, 9.17) is 4.74 Å². The molecule has 1 aromatic heterocycles. The largest absolute Gasteiger partial charge is 0.378 e. The molecule has 0 spiro atoms. The van der Waals surface area contributed by atoms with Crippen molar-refractivity contribution in [2.24, 2.45) is 11.8 Å². The van der Waals surface area contributed by atoms with Gasteiger partial charge in [0.25, 0.3) is 0 Å². The fourth-order valence-electron chi connectivity index (χ4n) is 3.16. The van der Waals surface area contributed by atoms with E-state index in [0.29, 0.717) is 31.5 Å². The van der Waals surface area contributed by atoms with E-state index in [0.717, 1.165) is 25.1 Å². The van der Waals surface area contributed by atoms with Gasteiger partial charge in [-0.05, 0) is 37.8 Å². The summed E-state index contributed by atoms with van der Waals surface area (Å²) in [5, 5.41) is 3.09. The van der Waals surface area contributed by atoms with Gasteiger partial charge in [-0.3, -0.25) is 4.98 Å². The maximum Gasteiger partial charge on any atom is 0.317 e. The van der Waals surface area contributed by atoms with Crippen molar-refractivity contribution in [1.82, 2.24) is 15.2 Å². The van der Waals surface area contributed by atoms with Crippen LogP contribution in [0.3, 0.4) is 0 Å². The molecule has 2 atom stereocenters. The number of ether oxygens (including phenoxy) is 1. The number of aromatic nitrogens is 1. The fraction of sp³-hybridized carbons (Fsp3) is 0.667. The molecule has 1 aliphatic heterocycles. The third-order valence-corrected chi connectivity index (χ3v) is 4.41. The van der Waals surface area contributed by atoms with Gasteiger partial charge in [-0.25, -0.2) is 4.79 Å². The molecule has 2 amide bonds. The third kappa shape index (κ3) is 5.20. The molecule has 0 aromatic carbocycles. The second-order valence-corrected chi connectivity index (χ2v) is 6.50. The van der Waals surface area contributed by atoms with Crippen molar-refractivity contribution in [1.29, 1.82) is 0 Å². The number of nitrogens with one attached hydrogen (secondary N) is 1. The molecule has 0 aliphatic carbocycles. The van der Waals surface area contributed by atoms with Crippen LogP contribution < -0.4 is 5.32 Å². The van der Waals surface area contributed by atoms with Gasteiger partial charge in [0, 0.05) is 31.8 Å². The Balaban J connectivity index is 1.86. The minimum Gasteiger partial charge on any atom is -0.378 e. The summed E-state index contributed by atoms with van der Waals surface area (Å²) in [5.74, 6) is 0.884. The molecule has 2 rings (SSSR count). The SMILES string of the molecule is CCN(Cc1ccccn1)C(=O)NCC1CCCOC1C(C)C. The first-order valence-electron chi connectivity index (χ1n) is 8.66. The number of rotatable bonds is 6. The van der Waals surface area contributed by atoms with E-state index in [9.17, 15) is 4.79 Å². The van der Waals surface area contributed by atoms with Crippen LogP contribution in [0.2, 0.25) is 0 Å². The Kier molecular flexibility index (Phi) is 6.84. The molecule has 2 unspecified atom stereocenters. The summed E-state index contributed by atoms with van der Waals surface area (Å²) in [5.41, 5.74) is 0.908. The van der Waals surface area contributed by atoms with Crippen molar-refractivity contribution in [3.05, 3.63) is 30.1 Å². The highest BCUT2D eigenvalue weighted by Crippen LogP contribution is 2.25. The average molecular weight is 319 g/mol. The Bertz CT molecular complexity index is 478. The number of amides is 2. The van der Waals surface area contributed by atoms with E-state index < -0.39 is 0 Å². The Hall–Kier alpha value is -1.62. The maximum atomic E-state index is 12.4. The van der Waals surface area contributed by atoms with Crippen molar-refractivity contribution in [2.75, 3.05) is 19.7 Å². The molecular weight excluding hydrogens is 290 g/mol. The number of urea groups is 1. The molecule has 128 valence electrons. The van der Waals surface area contributed by atoms with Crippen LogP contribution in [0.1, 0.15) is 39.3 Å². The van der Waals surface area contributed by atoms with Crippen molar-refractivity contribution in [3.8, 4) is 0 Å². The Morgan fingerprint density at radius 2 is 2.30 bits per heavy atom. The quantitative estimate of drug-likeness (QED) is 0.877. The van der Waals surface area contributed by atoms with Crippen LogP contribution in [0.5, 0.6) is 0 Å². The molecule has 5 heteroatoms. The number of nitrogens with zero attached hydrogens (tertiary/aromatic N) is 2. The van der Waals surface area contributed by atoms with E-state index in [2.05, 4.69) is 24.1 Å². The van der Waals surface area contributed by atoms with Gasteiger partial charge in [-0.2, -0.15) is 0 Å². The van der Waals surface area contributed by atoms with E-state index in [1.807, 2.05) is 25.1 Å². The van der Waals surface area contributed by atoms with Gasteiger partial charge >= 0.3 is 6.03 Å². The van der Waals surface area contributed by atoms with Crippen molar-refractivity contribution in [2.45, 2.75) is 46.3 Å². The van der Waals surface area contributed by atoms with Crippen LogP contribution in [0, 0.1) is 11.8 Å². The predicted octanol–water partition coefficient (Wildman–Crippen LogP) is 3.06. The summed E-state index contributed by atoms with van der Waals surface area (Å²) >= 11 is 0. The lowest BCUT2D eigenvalue weighted by molar-refractivity contribution is -0.0510. The van der Waals surface area contributed by atoms with E-state index in [-0.39, 0.29) is 12.1 Å². The molecular formula is C18H29N3O2. The molecule has 1 aliphatic rings. The fourth-order valence-corrected chi connectivity index (χ4v) is 3.16. The number of pyridine rings is 1. The van der Waals surface area contributed by atoms with Gasteiger partial charge in [0.2, 0.25) is 0 Å². The van der Waals surface area contributed by atoms with E-state index in [1.165, 1.54) is 0 Å². The highest BCUT2D eigenvalue weighted by Gasteiger charge is 2.29. The lowest BCUT2D eigenvalue weighted by Gasteiger charge is -2.35. The Morgan fingerprint density at radius 1 is 1.48 bits per heavy atom. The standard InChI is InChI=1S/C18H29N3O2/c1-4-21(13-16-9-5-6-10-19-16)18(22)20-12-15-8-7-11-23-17(15)14(2)3/h5-6,9-10,14-15,17H,4,7-8,11-13H2,1-3H3,(H,20,22). The van der Waals surface area contributed by atoms with Crippen LogP contribution in [-0.4, -0.2) is 41.7 Å². The molecule has 0 bridgehead atoms. The first kappa shape index (κ1) is 17.7. The molecule has 23 heavy (non-hydrogen) atoms. The van der Waals surface area contributed by atoms with Gasteiger partial charge in [0.1, 0.15) is 0 Å². The zero-order chi connectivity index (χ0) is 16.7. The first-order valence-corrected chi connectivity index (χ1v) is 8.66. The Morgan fingerprint density at radius 3 is 2.96 bits per heavy atom. The highest BCUT2D eigenvalue weighted by atomic mass is 16.5. The van der Waals surface area contributed by atoms with E-state index >= 15 is 0 Å². The van der Waals surface area contributed by atoms with Gasteiger partial charge in [0.15, 0.2) is 0 Å². The summed E-state index contributed by atoms with van der Waals surface area (Å²) in [4.78, 5) is 18.5. The zero-order valence-corrected chi connectivity index (χ0v) is 14.5. The number of carbonyl (C=O) groups excluding carboxylic acids is 1. The summed E-state index contributed by atoms with van der Waals surface area (Å²) in [6, 6.07) is 5.75. The summed E-state index contributed by atoms with van der Waals surface area (Å²) < 4.78 is 5.89. The molecule has 1 N–H and O–H groups in total. The van der Waals surface area contributed by atoms with Gasteiger partial charge in [-0.1, -0.05) is 19.9 Å². The Labute approximate surface area is 139 Å². The molecule has 0 radical (unpaired) electrons. The monoisotopic (exact) mass is 319 g/mol. The molecule has 5 nitrogen and oxygen atoms in total. The summed E-state index contributed by atoms with van der Waals surface area (Å²) in [7, 11) is 0. The molecule has 1 aromatic rings. The van der Waals surface area contributed by atoms with Crippen LogP contribution in [0.25, 0.3) is 0 Å². The van der Waals surface area contributed by atoms with E-state index in [1.54, 1.807) is 11.1 Å². The topological polar surface area (TPSA) is 54.5 Å². The van der Waals surface area contributed by atoms with Gasteiger partial charge in [0.05, 0.1) is 18.3 Å². The minimum absolute atomic E-state index is 0.0220. The second kappa shape index (κ2) is 8.87. The summed E-state index contributed by atoms with van der Waals surface area (Å²) in [6.07, 6.45) is 4.20. The number of carbonyl (C=O) groups is 1. The van der Waals surface area contributed by atoms with Gasteiger partial charge in [-0.15, -0.1) is 0 Å². The molecule has 0 saturated carbocycles. The lowest BCUT2D eigenvalue weighted by atomic mass is 9.87. The summed E-state index contributed by atoms with van der Waals surface area (Å²) in [6.45, 7) is 9.08. The second-order valence-electron chi connectivity index (χ2n) is 6.50. The zero-order valence-electron chi connectivity index (χ0n) is 14.5. The van der Waals surface area contributed by atoms with Crippen molar-refractivity contribution in [3.63, 3.8) is 0 Å². The first-order chi connectivity index (χ1) is 11.1. The van der Waals surface area contributed by atoms with Crippen LogP contribution >= 0.6 is 0 Å². The number of hydrogen-bond acceptors (Lipinski definition) is 3. The smallest absolute Gasteiger partial charge is 0.317 e. The average Bonchev–Trinajstić information content (AvgIpc) is 2.58. The minimum atomic E-state index is -0.0220. The van der Waals surface area contributed by atoms with Crippen LogP contribution in [0.4, 0.5) is 4.79 Å². The maximum absolute atomic E-state index is 12.4. The highest BCUT2D eigenvalue weighted by molar-refractivity contribution is 5.74. The van der Waals surface area contributed by atoms with Crippen molar-refractivity contribution >= 4 is 6.03 Å². The molecule has 1 fully saturated rings. The van der Waals surface area contributed by atoms with Gasteiger partial charge < -0.3 is 15.0 Å². The van der Waals surface area contributed by atoms with Crippen LogP contribution in [0.15, 0.2) is 24.4 Å². The number of hydrogen-bond donors (Lipinski definition) is 1.